The summed E-state index contributed by atoms with van der Waals surface area (Å²) in [5.41, 5.74) is 0.622. The summed E-state index contributed by atoms with van der Waals surface area (Å²) in [6.07, 6.45) is 1.71. The monoisotopic (exact) mass is 619 g/mol. The molecule has 5 rings (SSSR count). The second-order valence-corrected chi connectivity index (χ2v) is 12.6. The fraction of sp³-hybridized carbons (Fsp3) is 0.290. The summed E-state index contributed by atoms with van der Waals surface area (Å²) in [5.74, 6) is -3.69. The molecule has 0 bridgehead atoms. The van der Waals surface area contributed by atoms with Crippen molar-refractivity contribution in [1.82, 2.24) is 10.0 Å². The third-order valence-corrected chi connectivity index (χ3v) is 9.21. The van der Waals surface area contributed by atoms with Gasteiger partial charge in [0.2, 0.25) is 0 Å². The van der Waals surface area contributed by atoms with Crippen molar-refractivity contribution in [3.05, 3.63) is 99.6 Å². The van der Waals surface area contributed by atoms with Gasteiger partial charge in [-0.25, -0.2) is 5.01 Å². The highest BCUT2D eigenvalue weighted by molar-refractivity contribution is 7.87. The van der Waals surface area contributed by atoms with Crippen molar-refractivity contribution in [2.24, 2.45) is 17.8 Å². The molecular formula is C31H29N3O9S. The number of fused-ring (bicyclic) bond motifs is 1. The van der Waals surface area contributed by atoms with Crippen molar-refractivity contribution >= 4 is 39.3 Å². The number of Topliss-reactive ketones (excluding diaryl/α,β-unsaturated/α-hetero) is 1. The molecule has 0 unspecified atom stereocenters. The topological polar surface area (TPSA) is 161 Å². The Bertz CT molecular complexity index is 1740. The Balaban J connectivity index is 1.40. The second-order valence-electron chi connectivity index (χ2n) is 11.1. The summed E-state index contributed by atoms with van der Waals surface area (Å²) in [4.78, 5) is 64.5. The van der Waals surface area contributed by atoms with Gasteiger partial charge >= 0.3 is 10.1 Å². The first kappa shape index (κ1) is 30.5. The Morgan fingerprint density at radius 1 is 0.909 bits per heavy atom. The summed E-state index contributed by atoms with van der Waals surface area (Å²) >= 11 is 0. The number of carbonyl (C=O) groups is 4. The molecule has 0 spiro atoms. The highest BCUT2D eigenvalue weighted by atomic mass is 32.2. The van der Waals surface area contributed by atoms with Gasteiger partial charge < -0.3 is 4.18 Å². The number of imide groups is 1. The molecule has 2 aliphatic rings. The molecule has 228 valence electrons. The van der Waals surface area contributed by atoms with Crippen LogP contribution in [0.4, 0.5) is 5.69 Å². The maximum atomic E-state index is 13.7. The molecule has 1 heterocycles. The van der Waals surface area contributed by atoms with Gasteiger partial charge in [0.15, 0.2) is 5.78 Å². The van der Waals surface area contributed by atoms with Gasteiger partial charge in [-0.1, -0.05) is 24.6 Å². The van der Waals surface area contributed by atoms with E-state index in [1.807, 2.05) is 13.8 Å². The smallest absolute Gasteiger partial charge is 0.339 e. The maximum absolute atomic E-state index is 13.7. The summed E-state index contributed by atoms with van der Waals surface area (Å²) in [5, 5.41) is 12.6. The van der Waals surface area contributed by atoms with Gasteiger partial charge in [0, 0.05) is 23.3 Å². The molecule has 1 saturated carbocycles. The minimum Gasteiger partial charge on any atom is -0.379 e. The Labute approximate surface area is 253 Å². The van der Waals surface area contributed by atoms with Gasteiger partial charge in [0.25, 0.3) is 23.4 Å². The lowest BCUT2D eigenvalue weighted by atomic mass is 9.76. The first-order chi connectivity index (χ1) is 20.9. The lowest BCUT2D eigenvalue weighted by molar-refractivity contribution is -0.384. The number of ketones is 1. The van der Waals surface area contributed by atoms with Gasteiger partial charge in [0.1, 0.15) is 17.2 Å². The van der Waals surface area contributed by atoms with Gasteiger partial charge in [-0.05, 0) is 80.6 Å². The van der Waals surface area contributed by atoms with Crippen LogP contribution in [-0.2, 0) is 19.7 Å². The van der Waals surface area contributed by atoms with Crippen LogP contribution in [0.15, 0.2) is 77.7 Å². The van der Waals surface area contributed by atoms with Crippen LogP contribution in [0.5, 0.6) is 5.75 Å². The van der Waals surface area contributed by atoms with Gasteiger partial charge in [-0.15, -0.1) is 0 Å². The molecule has 44 heavy (non-hydrogen) atoms. The first-order valence-corrected chi connectivity index (χ1v) is 15.3. The van der Waals surface area contributed by atoms with Crippen LogP contribution in [0.1, 0.15) is 52.5 Å². The number of hydrazine groups is 1. The standard InChI is InChI=1S/C31H29N3O9S/c1-19-3-14-25(15-4-19)44(41,42)43-24-12-8-21(9-13-24)28(35)18-32(29(36)22-6-10-23(11-7-22)34(39)40)33-30(37)26-16-5-20(2)17-27(26)31(33)38/h3-4,6-15,20,26-27H,5,16-18H2,1-2H3/t20-,26+,27-/m0/s1. The predicted octanol–water partition coefficient (Wildman–Crippen LogP) is 4.33. The number of hydrogen-bond donors (Lipinski definition) is 0. The molecule has 1 aliphatic carbocycles. The largest absolute Gasteiger partial charge is 0.379 e. The van der Waals surface area contributed by atoms with Crippen LogP contribution in [0.2, 0.25) is 0 Å². The highest BCUT2D eigenvalue weighted by Gasteiger charge is 2.52. The molecule has 1 aliphatic heterocycles. The van der Waals surface area contributed by atoms with E-state index in [1.54, 1.807) is 12.1 Å². The molecule has 0 radical (unpaired) electrons. The van der Waals surface area contributed by atoms with Crippen LogP contribution >= 0.6 is 0 Å². The van der Waals surface area contributed by atoms with Crippen molar-refractivity contribution in [2.45, 2.75) is 38.0 Å². The molecule has 3 atom stereocenters. The van der Waals surface area contributed by atoms with E-state index in [9.17, 15) is 37.7 Å². The zero-order valence-electron chi connectivity index (χ0n) is 23.9. The number of carbonyl (C=O) groups excluding carboxylic acids is 4. The number of nitro benzene ring substituents is 1. The number of nitrogens with zero attached hydrogens (tertiary/aromatic N) is 3. The van der Waals surface area contributed by atoms with Crippen molar-refractivity contribution in [3.63, 3.8) is 0 Å². The minimum absolute atomic E-state index is 0.0430. The van der Waals surface area contributed by atoms with E-state index in [0.717, 1.165) is 34.1 Å². The Morgan fingerprint density at radius 3 is 2.11 bits per heavy atom. The molecule has 0 aromatic heterocycles. The highest BCUT2D eigenvalue weighted by Crippen LogP contribution is 2.41. The minimum atomic E-state index is -4.13. The number of rotatable bonds is 9. The molecule has 3 aromatic rings. The number of nitro groups is 1. The Hall–Kier alpha value is -4.91. The Kier molecular flexibility index (Phi) is 8.33. The summed E-state index contributed by atoms with van der Waals surface area (Å²) < 4.78 is 30.5. The SMILES string of the molecule is Cc1ccc(S(=O)(=O)Oc2ccc(C(=O)CN(C(=O)c3ccc([N+](=O)[O-])cc3)N3C(=O)[C@H]4C[C@@H](C)CC[C@H]4C3=O)cc2)cc1. The zero-order valence-corrected chi connectivity index (χ0v) is 24.7. The third kappa shape index (κ3) is 6.09. The fourth-order valence-electron chi connectivity index (χ4n) is 5.52. The summed E-state index contributed by atoms with van der Waals surface area (Å²) in [6.45, 7) is 3.11. The van der Waals surface area contributed by atoms with E-state index in [1.165, 1.54) is 48.5 Å². The lowest BCUT2D eigenvalue weighted by Gasteiger charge is -2.30. The molecule has 3 amide bonds. The molecular weight excluding hydrogens is 590 g/mol. The number of non-ortho nitro benzene ring substituents is 1. The van der Waals surface area contributed by atoms with E-state index in [4.69, 9.17) is 4.18 Å². The van der Waals surface area contributed by atoms with Gasteiger partial charge in [0.05, 0.1) is 16.8 Å². The van der Waals surface area contributed by atoms with Crippen LogP contribution < -0.4 is 4.18 Å². The van der Waals surface area contributed by atoms with Crippen molar-refractivity contribution in [2.75, 3.05) is 6.54 Å². The number of hydrogen-bond acceptors (Lipinski definition) is 9. The molecule has 12 nitrogen and oxygen atoms in total. The Morgan fingerprint density at radius 2 is 1.50 bits per heavy atom. The molecule has 0 N–H and O–H groups in total. The molecule has 13 heteroatoms. The van der Waals surface area contributed by atoms with Crippen LogP contribution in [-0.4, -0.2) is 53.4 Å². The molecule has 1 saturated heterocycles. The summed E-state index contributed by atoms with van der Waals surface area (Å²) in [6, 6.07) is 15.9. The third-order valence-electron chi connectivity index (χ3n) is 7.95. The van der Waals surface area contributed by atoms with Crippen molar-refractivity contribution in [1.29, 1.82) is 0 Å². The maximum Gasteiger partial charge on any atom is 0.339 e. The van der Waals surface area contributed by atoms with Crippen LogP contribution in [0.25, 0.3) is 0 Å². The second kappa shape index (κ2) is 12.0. The van der Waals surface area contributed by atoms with Gasteiger partial charge in [-0.3, -0.25) is 29.3 Å². The van der Waals surface area contributed by atoms with Gasteiger partial charge in [-0.2, -0.15) is 13.4 Å². The quantitative estimate of drug-likeness (QED) is 0.112. The number of amides is 3. The van der Waals surface area contributed by atoms with E-state index >= 15 is 0 Å². The average Bonchev–Trinajstić information content (AvgIpc) is 3.24. The van der Waals surface area contributed by atoms with E-state index in [-0.39, 0.29) is 33.4 Å². The molecule has 2 fully saturated rings. The van der Waals surface area contributed by atoms with Crippen LogP contribution in [0.3, 0.4) is 0 Å². The summed E-state index contributed by atoms with van der Waals surface area (Å²) in [7, 11) is -4.13. The molecule has 3 aromatic carbocycles. The average molecular weight is 620 g/mol. The van der Waals surface area contributed by atoms with Crippen molar-refractivity contribution in [3.8, 4) is 5.75 Å². The first-order valence-electron chi connectivity index (χ1n) is 13.9. The van der Waals surface area contributed by atoms with Crippen molar-refractivity contribution < 1.29 is 36.7 Å². The zero-order chi connectivity index (χ0) is 31.8. The predicted molar refractivity (Wildman–Crippen MR) is 156 cm³/mol. The van der Waals surface area contributed by atoms with E-state index in [0.29, 0.717) is 12.8 Å². The normalized spacial score (nSPS) is 19.8. The van der Waals surface area contributed by atoms with Crippen LogP contribution in [0, 0.1) is 34.8 Å². The van der Waals surface area contributed by atoms with E-state index < -0.39 is 56.9 Å². The van der Waals surface area contributed by atoms with E-state index in [2.05, 4.69) is 0 Å². The number of benzene rings is 3. The lowest BCUT2D eigenvalue weighted by Crippen LogP contribution is -2.52. The fourth-order valence-corrected chi connectivity index (χ4v) is 6.45. The number of aryl methyl sites for hydroxylation is 1.